The number of fused-ring (bicyclic) bond motifs is 1. The van der Waals surface area contributed by atoms with Crippen LogP contribution in [0.15, 0.2) is 48.7 Å². The summed E-state index contributed by atoms with van der Waals surface area (Å²) in [5.74, 6) is -1.10. The first-order chi connectivity index (χ1) is 15.3. The van der Waals surface area contributed by atoms with Gasteiger partial charge in [0.1, 0.15) is 11.6 Å². The van der Waals surface area contributed by atoms with Crippen LogP contribution in [0, 0.1) is 0 Å². The summed E-state index contributed by atoms with van der Waals surface area (Å²) in [4.78, 5) is 32.0. The topological polar surface area (TPSA) is 94.6 Å². The quantitative estimate of drug-likeness (QED) is 0.484. The van der Waals surface area contributed by atoms with E-state index < -0.39 is 11.8 Å². The molecule has 3 aromatic rings. The second-order valence-corrected chi connectivity index (χ2v) is 8.46. The average molecular weight is 471 g/mol. The Morgan fingerprint density at radius 2 is 1.81 bits per heavy atom. The molecule has 0 bridgehead atoms. The molecule has 0 fully saturated rings. The second kappa shape index (κ2) is 9.16. The van der Waals surface area contributed by atoms with Gasteiger partial charge in [-0.3, -0.25) is 9.59 Å². The number of carbonyl (C=O) groups is 2. The third-order valence-electron chi connectivity index (χ3n) is 5.21. The number of nitrogens with zero attached hydrogens (tertiary/aromatic N) is 2. The van der Waals surface area contributed by atoms with Crippen molar-refractivity contribution >= 4 is 46.5 Å². The van der Waals surface area contributed by atoms with Gasteiger partial charge >= 0.3 is 0 Å². The number of hydrogen-bond donors (Lipinski definition) is 3. The smallest absolute Gasteiger partial charge is 0.259 e. The van der Waals surface area contributed by atoms with Gasteiger partial charge < -0.3 is 20.6 Å². The average Bonchev–Trinajstić information content (AvgIpc) is 2.76. The van der Waals surface area contributed by atoms with Crippen molar-refractivity contribution in [2.24, 2.45) is 0 Å². The van der Waals surface area contributed by atoms with Gasteiger partial charge in [0.15, 0.2) is 0 Å². The van der Waals surface area contributed by atoms with Gasteiger partial charge in [-0.05, 0) is 54.9 Å². The number of aromatic nitrogens is 1. The molecule has 0 unspecified atom stereocenters. The second-order valence-electron chi connectivity index (χ2n) is 7.59. The standard InChI is InChI=1S/C23H20Cl2N4O3/c1-29-7-6-13-8-14(2-3-15(13)12-29)22(31)28-21-18(9-17(25)10-19(21)30)23(32)27-20-5-4-16(24)11-26-20/h2-5,8-11,30H,6-7,12H2,1H3,(H,28,31)(H,26,27,32). The fourth-order valence-corrected chi connectivity index (χ4v) is 3.88. The highest BCUT2D eigenvalue weighted by Gasteiger charge is 2.21. The summed E-state index contributed by atoms with van der Waals surface area (Å²) in [6.07, 6.45) is 2.24. The molecule has 1 aliphatic heterocycles. The van der Waals surface area contributed by atoms with E-state index in [1.54, 1.807) is 12.1 Å². The van der Waals surface area contributed by atoms with Crippen molar-refractivity contribution in [3.8, 4) is 5.75 Å². The van der Waals surface area contributed by atoms with Crippen LogP contribution in [0.1, 0.15) is 31.8 Å². The number of pyridine rings is 1. The van der Waals surface area contributed by atoms with E-state index in [1.807, 2.05) is 12.1 Å². The first kappa shape index (κ1) is 22.1. The van der Waals surface area contributed by atoms with Crippen LogP contribution in [-0.2, 0) is 13.0 Å². The zero-order valence-corrected chi connectivity index (χ0v) is 18.7. The largest absolute Gasteiger partial charge is 0.506 e. The number of anilines is 2. The van der Waals surface area contributed by atoms with Crippen LogP contribution >= 0.6 is 23.2 Å². The van der Waals surface area contributed by atoms with Gasteiger partial charge in [-0.15, -0.1) is 0 Å². The van der Waals surface area contributed by atoms with Gasteiger partial charge in [0.25, 0.3) is 11.8 Å². The van der Waals surface area contributed by atoms with Gasteiger partial charge in [0.2, 0.25) is 0 Å². The van der Waals surface area contributed by atoms with Crippen molar-refractivity contribution in [3.05, 3.63) is 81.0 Å². The van der Waals surface area contributed by atoms with Crippen LogP contribution in [0.2, 0.25) is 10.0 Å². The number of carbonyl (C=O) groups excluding carboxylic acids is 2. The molecule has 4 rings (SSSR count). The van der Waals surface area contributed by atoms with E-state index in [0.29, 0.717) is 10.6 Å². The highest BCUT2D eigenvalue weighted by molar-refractivity contribution is 6.32. The van der Waals surface area contributed by atoms with Gasteiger partial charge in [-0.1, -0.05) is 29.3 Å². The van der Waals surface area contributed by atoms with Crippen molar-refractivity contribution in [1.82, 2.24) is 9.88 Å². The molecule has 1 aliphatic rings. The Labute approximate surface area is 195 Å². The minimum absolute atomic E-state index is 0.000292. The predicted octanol–water partition coefficient (Wildman–Crippen LogP) is 4.59. The molecule has 2 aromatic carbocycles. The first-order valence-corrected chi connectivity index (χ1v) is 10.6. The minimum Gasteiger partial charge on any atom is -0.506 e. The van der Waals surface area contributed by atoms with E-state index in [-0.39, 0.29) is 27.8 Å². The molecule has 32 heavy (non-hydrogen) atoms. The fourth-order valence-electron chi connectivity index (χ4n) is 3.56. The molecule has 0 saturated carbocycles. The molecule has 0 atom stereocenters. The molecular formula is C23H20Cl2N4O3. The lowest BCUT2D eigenvalue weighted by atomic mass is 9.97. The van der Waals surface area contributed by atoms with E-state index in [2.05, 4.69) is 27.6 Å². The number of rotatable bonds is 4. The Bertz CT molecular complexity index is 1200. The lowest BCUT2D eigenvalue weighted by molar-refractivity contribution is 0.102. The maximum absolute atomic E-state index is 12.9. The predicted molar refractivity (Wildman–Crippen MR) is 125 cm³/mol. The first-order valence-electron chi connectivity index (χ1n) is 9.87. The molecular weight excluding hydrogens is 451 g/mol. The molecule has 2 amide bonds. The van der Waals surface area contributed by atoms with Gasteiger partial charge in [-0.25, -0.2) is 4.98 Å². The maximum Gasteiger partial charge on any atom is 0.259 e. The number of phenols is 1. The lowest BCUT2D eigenvalue weighted by Crippen LogP contribution is -2.27. The van der Waals surface area contributed by atoms with E-state index in [9.17, 15) is 14.7 Å². The van der Waals surface area contributed by atoms with Gasteiger partial charge in [0.05, 0.1) is 16.3 Å². The molecule has 0 saturated heterocycles. The Hall–Kier alpha value is -3.13. The molecule has 0 spiro atoms. The number of nitrogens with one attached hydrogen (secondary N) is 2. The van der Waals surface area contributed by atoms with Crippen molar-refractivity contribution in [2.75, 3.05) is 24.2 Å². The molecule has 0 aliphatic carbocycles. The molecule has 1 aromatic heterocycles. The van der Waals surface area contributed by atoms with E-state index in [4.69, 9.17) is 23.2 Å². The zero-order valence-electron chi connectivity index (χ0n) is 17.2. The van der Waals surface area contributed by atoms with Crippen LogP contribution in [0.5, 0.6) is 5.75 Å². The number of phenolic OH excluding ortho intramolecular Hbond substituents is 1. The monoisotopic (exact) mass is 470 g/mol. The molecule has 3 N–H and O–H groups in total. The fraction of sp³-hybridized carbons (Fsp3) is 0.174. The van der Waals surface area contributed by atoms with Crippen molar-refractivity contribution in [3.63, 3.8) is 0 Å². The third-order valence-corrected chi connectivity index (χ3v) is 5.65. The Morgan fingerprint density at radius 1 is 1.00 bits per heavy atom. The summed E-state index contributed by atoms with van der Waals surface area (Å²) in [6, 6.07) is 11.3. The maximum atomic E-state index is 12.9. The van der Waals surface area contributed by atoms with Crippen LogP contribution < -0.4 is 10.6 Å². The normalized spacial score (nSPS) is 13.3. The van der Waals surface area contributed by atoms with Crippen LogP contribution in [0.25, 0.3) is 0 Å². The third kappa shape index (κ3) is 4.85. The zero-order chi connectivity index (χ0) is 22.8. The summed E-state index contributed by atoms with van der Waals surface area (Å²) in [6.45, 7) is 1.75. The van der Waals surface area contributed by atoms with Crippen LogP contribution in [-0.4, -0.2) is 40.4 Å². The number of likely N-dealkylation sites (N-methyl/N-ethyl adjacent to an activating group) is 1. The van der Waals surface area contributed by atoms with E-state index in [0.717, 1.165) is 25.1 Å². The number of hydrogen-bond acceptors (Lipinski definition) is 5. The van der Waals surface area contributed by atoms with Crippen molar-refractivity contribution in [2.45, 2.75) is 13.0 Å². The summed E-state index contributed by atoms with van der Waals surface area (Å²) < 4.78 is 0. The van der Waals surface area contributed by atoms with E-state index in [1.165, 1.54) is 30.0 Å². The molecule has 164 valence electrons. The summed E-state index contributed by atoms with van der Waals surface area (Å²) >= 11 is 11.9. The summed E-state index contributed by atoms with van der Waals surface area (Å²) in [5, 5.41) is 16.3. The number of halogens is 2. The van der Waals surface area contributed by atoms with Crippen molar-refractivity contribution < 1.29 is 14.7 Å². The Kier molecular flexibility index (Phi) is 6.32. The molecule has 9 heteroatoms. The summed E-state index contributed by atoms with van der Waals surface area (Å²) in [7, 11) is 2.05. The number of aromatic hydroxyl groups is 1. The number of benzene rings is 2. The van der Waals surface area contributed by atoms with Crippen LogP contribution in [0.3, 0.4) is 0 Å². The number of amides is 2. The minimum atomic E-state index is -0.596. The van der Waals surface area contributed by atoms with Gasteiger partial charge in [0, 0.05) is 35.9 Å². The summed E-state index contributed by atoms with van der Waals surface area (Å²) in [5.41, 5.74) is 2.69. The SMILES string of the molecule is CN1CCc2cc(C(=O)Nc3c(O)cc(Cl)cc3C(=O)Nc3ccc(Cl)cn3)ccc2C1. The Morgan fingerprint density at radius 3 is 2.56 bits per heavy atom. The Balaban J connectivity index is 1.60. The molecule has 0 radical (unpaired) electrons. The lowest BCUT2D eigenvalue weighted by Gasteiger charge is -2.25. The van der Waals surface area contributed by atoms with E-state index >= 15 is 0 Å². The van der Waals surface area contributed by atoms with Gasteiger partial charge in [-0.2, -0.15) is 0 Å². The van der Waals surface area contributed by atoms with Crippen molar-refractivity contribution in [1.29, 1.82) is 0 Å². The highest BCUT2D eigenvalue weighted by Crippen LogP contribution is 2.33. The molecule has 7 nitrogen and oxygen atoms in total. The van der Waals surface area contributed by atoms with Crippen LogP contribution in [0.4, 0.5) is 11.5 Å². The molecule has 2 heterocycles. The highest BCUT2D eigenvalue weighted by atomic mass is 35.5.